The largest absolute Gasteiger partial charge is 0.506 e. The summed E-state index contributed by atoms with van der Waals surface area (Å²) < 4.78 is 94.5. The fourth-order valence-electron chi connectivity index (χ4n) is 5.61. The highest BCUT2D eigenvalue weighted by atomic mass is 32.1. The zero-order chi connectivity index (χ0) is 37.8. The molecule has 1 saturated carbocycles. The maximum Gasteiger partial charge on any atom is 0.458 e. The van der Waals surface area contributed by atoms with Gasteiger partial charge in [0.1, 0.15) is 22.9 Å². The predicted molar refractivity (Wildman–Crippen MR) is 174 cm³/mol. The Morgan fingerprint density at radius 1 is 0.824 bits per heavy atom. The molecule has 1 aliphatic carbocycles. The smallest absolute Gasteiger partial charge is 0.458 e. The highest BCUT2D eigenvalue weighted by molar-refractivity contribution is 7.16. The lowest BCUT2D eigenvalue weighted by Crippen LogP contribution is -2.45. The lowest BCUT2D eigenvalue weighted by Gasteiger charge is -2.32. The molecule has 4 N–H and O–H groups in total. The molecule has 1 aromatic heterocycles. The molecule has 1 heterocycles. The van der Waals surface area contributed by atoms with Crippen LogP contribution in [0.15, 0.2) is 35.1 Å². The Hall–Kier alpha value is -3.90. The van der Waals surface area contributed by atoms with Crippen LogP contribution in [0.1, 0.15) is 56.1 Å². The van der Waals surface area contributed by atoms with E-state index in [1.54, 1.807) is 6.07 Å². The first-order chi connectivity index (χ1) is 24.0. The van der Waals surface area contributed by atoms with E-state index in [-0.39, 0.29) is 22.6 Å². The summed E-state index contributed by atoms with van der Waals surface area (Å²) >= 11 is 1.11. The van der Waals surface area contributed by atoms with Crippen molar-refractivity contribution >= 4 is 39.0 Å². The summed E-state index contributed by atoms with van der Waals surface area (Å²) in [6.45, 7) is 3.06. The number of benzene rings is 2. The van der Waals surface area contributed by atoms with E-state index in [1.165, 1.54) is 25.0 Å². The Bertz CT molecular complexity index is 1640. The third-order valence-corrected chi connectivity index (χ3v) is 9.03. The van der Waals surface area contributed by atoms with Crippen molar-refractivity contribution in [3.05, 3.63) is 62.8 Å². The summed E-state index contributed by atoms with van der Waals surface area (Å²) in [5.41, 5.74) is 2.09. The number of alkyl halides is 6. The van der Waals surface area contributed by atoms with E-state index in [2.05, 4.69) is 15.6 Å². The maximum atomic E-state index is 13.4. The number of aromatic nitrogens is 1. The molecular weight excluding hydrogens is 716 g/mol. The van der Waals surface area contributed by atoms with Crippen LogP contribution in [-0.2, 0) is 27.2 Å². The number of phenols is 1. The number of phenolic OH excluding ortho intramolecular Hbond substituents is 1. The van der Waals surface area contributed by atoms with Gasteiger partial charge in [0.2, 0.25) is 5.91 Å². The maximum absolute atomic E-state index is 13.4. The van der Waals surface area contributed by atoms with Crippen molar-refractivity contribution < 1.29 is 54.6 Å². The minimum atomic E-state index is -5.77. The lowest BCUT2D eigenvalue weighted by molar-refractivity contribution is -0.193. The first-order valence-electron chi connectivity index (χ1n) is 16.2. The van der Waals surface area contributed by atoms with Crippen molar-refractivity contribution in [3.8, 4) is 5.75 Å². The summed E-state index contributed by atoms with van der Waals surface area (Å²) in [6.07, 6.45) is -3.19. The summed E-state index contributed by atoms with van der Waals surface area (Å²) in [6, 6.07) is 7.25. The number of nitrogens with zero attached hydrogens (tertiary/aromatic N) is 1. The van der Waals surface area contributed by atoms with Gasteiger partial charge in [-0.25, -0.2) is 8.78 Å². The molecule has 282 valence electrons. The number of hydrogen-bond acceptors (Lipinski definition) is 8. The number of thiazole rings is 1. The standard InChI is InChI=1S/C29H38F2N4O3S.C4F6O2/c30-22-17-20(18-23(31)19-22)9-12-32-14-11-26(37)35(24-5-3-1-2-4-6-24)16-15-33-13-10-21-7-8-25(36)27-28(21)39-29(38)34-27;5-3(6,7)1(11)2(12)4(8,9)10/h7-8,17-19,24,32-33,36H,1-6,9-16H2,(H,34,38);. The van der Waals surface area contributed by atoms with Crippen LogP contribution in [0, 0.1) is 11.6 Å². The second-order valence-electron chi connectivity index (χ2n) is 11.9. The predicted octanol–water partition coefficient (Wildman–Crippen LogP) is 5.73. The molecule has 18 heteroatoms. The number of H-pyrrole nitrogens is 1. The molecule has 0 aliphatic heterocycles. The Morgan fingerprint density at radius 2 is 1.39 bits per heavy atom. The number of amides is 1. The molecule has 0 saturated heterocycles. The van der Waals surface area contributed by atoms with Gasteiger partial charge in [0.15, 0.2) is 0 Å². The number of nitrogens with one attached hydrogen (secondary N) is 3. The summed E-state index contributed by atoms with van der Waals surface area (Å²) in [5, 5.41) is 16.7. The third kappa shape index (κ3) is 13.3. The molecule has 3 aromatic rings. The number of aromatic hydroxyl groups is 1. The van der Waals surface area contributed by atoms with Crippen molar-refractivity contribution in [2.75, 3.05) is 32.7 Å². The molecule has 2 aromatic carbocycles. The second-order valence-corrected chi connectivity index (χ2v) is 12.9. The highest BCUT2D eigenvalue weighted by Crippen LogP contribution is 2.28. The average molecular weight is 755 g/mol. The van der Waals surface area contributed by atoms with Gasteiger partial charge >= 0.3 is 28.8 Å². The van der Waals surface area contributed by atoms with E-state index >= 15 is 0 Å². The monoisotopic (exact) mass is 754 g/mol. The molecule has 1 fully saturated rings. The van der Waals surface area contributed by atoms with E-state index in [1.807, 2.05) is 11.0 Å². The van der Waals surface area contributed by atoms with Gasteiger partial charge in [-0.1, -0.05) is 43.1 Å². The van der Waals surface area contributed by atoms with Gasteiger partial charge in [-0.3, -0.25) is 19.2 Å². The number of ketones is 2. The number of fused-ring (bicyclic) bond motifs is 1. The zero-order valence-corrected chi connectivity index (χ0v) is 28.1. The van der Waals surface area contributed by atoms with Gasteiger partial charge < -0.3 is 25.6 Å². The van der Waals surface area contributed by atoms with Crippen LogP contribution < -0.4 is 15.5 Å². The fraction of sp³-hybridized carbons (Fsp3) is 0.515. The van der Waals surface area contributed by atoms with Crippen LogP contribution in [0.2, 0.25) is 0 Å². The third-order valence-electron chi connectivity index (χ3n) is 8.08. The molecule has 4 rings (SSSR count). The molecule has 1 aliphatic rings. The number of carbonyl (C=O) groups is 3. The normalized spacial score (nSPS) is 14.1. The van der Waals surface area contributed by atoms with E-state index in [0.717, 1.165) is 53.3 Å². The SMILES string of the molecule is O=C(C(=O)C(F)(F)F)C(F)(F)F.O=C(CCNCCc1cc(F)cc(F)c1)N(CCNCCc1ccc(O)c2[nH]c(=O)sc12)C1CCCCCC1. The fourth-order valence-corrected chi connectivity index (χ4v) is 6.50. The number of aromatic amines is 1. The van der Waals surface area contributed by atoms with Gasteiger partial charge in [0, 0.05) is 38.2 Å². The van der Waals surface area contributed by atoms with Gasteiger partial charge in [0.25, 0.3) is 0 Å². The number of Topliss-reactive ketones (excluding diaryl/α,β-unsaturated/α-hetero) is 2. The van der Waals surface area contributed by atoms with Crippen LogP contribution >= 0.6 is 11.3 Å². The molecular formula is C33H38F8N4O5S. The molecule has 0 atom stereocenters. The van der Waals surface area contributed by atoms with E-state index in [0.29, 0.717) is 63.1 Å². The molecule has 1 amide bonds. The van der Waals surface area contributed by atoms with Crippen molar-refractivity contribution in [1.82, 2.24) is 20.5 Å². The second kappa shape index (κ2) is 19.1. The molecule has 0 unspecified atom stereocenters. The average Bonchev–Trinajstić information content (AvgIpc) is 3.25. The molecule has 9 nitrogen and oxygen atoms in total. The number of hydrogen-bond donors (Lipinski definition) is 4. The minimum absolute atomic E-state index is 0.0787. The Balaban J connectivity index is 0.000000501. The van der Waals surface area contributed by atoms with Gasteiger partial charge in [-0.2, -0.15) is 26.3 Å². The highest BCUT2D eigenvalue weighted by Gasteiger charge is 2.54. The Morgan fingerprint density at radius 3 is 1.98 bits per heavy atom. The van der Waals surface area contributed by atoms with Crippen molar-refractivity contribution in [3.63, 3.8) is 0 Å². The van der Waals surface area contributed by atoms with Crippen molar-refractivity contribution in [1.29, 1.82) is 0 Å². The first kappa shape index (κ1) is 41.5. The number of rotatable bonds is 14. The number of halogens is 8. The quantitative estimate of drug-likeness (QED) is 0.0716. The van der Waals surface area contributed by atoms with Crippen LogP contribution in [0.25, 0.3) is 10.2 Å². The molecule has 51 heavy (non-hydrogen) atoms. The van der Waals surface area contributed by atoms with Gasteiger partial charge in [0.05, 0.1) is 4.70 Å². The summed E-state index contributed by atoms with van der Waals surface area (Å²) in [5.74, 6) is -7.76. The molecule has 0 spiro atoms. The van der Waals surface area contributed by atoms with E-state index in [9.17, 15) is 59.4 Å². The van der Waals surface area contributed by atoms with Crippen molar-refractivity contribution in [2.45, 2.75) is 76.2 Å². The first-order valence-corrected chi connectivity index (χ1v) is 17.0. The minimum Gasteiger partial charge on any atom is -0.506 e. The van der Waals surface area contributed by atoms with Crippen LogP contribution in [-0.4, -0.2) is 83.6 Å². The Labute approximate surface area is 291 Å². The van der Waals surface area contributed by atoms with Crippen LogP contribution in [0.3, 0.4) is 0 Å². The zero-order valence-electron chi connectivity index (χ0n) is 27.3. The van der Waals surface area contributed by atoms with Crippen molar-refractivity contribution in [2.24, 2.45) is 0 Å². The lowest BCUT2D eigenvalue weighted by atomic mass is 10.1. The van der Waals surface area contributed by atoms with E-state index in [4.69, 9.17) is 0 Å². The molecule has 0 bridgehead atoms. The Kier molecular flexibility index (Phi) is 15.5. The van der Waals surface area contributed by atoms with Gasteiger partial charge in [-0.05, 0) is 68.1 Å². The van der Waals surface area contributed by atoms with Crippen LogP contribution in [0.5, 0.6) is 5.75 Å². The summed E-state index contributed by atoms with van der Waals surface area (Å²) in [4.78, 5) is 48.8. The van der Waals surface area contributed by atoms with Gasteiger partial charge in [-0.15, -0.1) is 0 Å². The topological polar surface area (TPSA) is 132 Å². The number of carbonyl (C=O) groups excluding carboxylic acids is 3. The van der Waals surface area contributed by atoms with E-state index < -0.39 is 35.6 Å². The molecule has 0 radical (unpaired) electrons. The van der Waals surface area contributed by atoms with Crippen LogP contribution in [0.4, 0.5) is 35.1 Å². The summed E-state index contributed by atoms with van der Waals surface area (Å²) in [7, 11) is 0.